The minimum Gasteiger partial charge on any atom is -0.483 e. The molecule has 2 unspecified atom stereocenters. The lowest BCUT2D eigenvalue weighted by Gasteiger charge is -2.24. The molecule has 2 N–H and O–H groups in total. The van der Waals surface area contributed by atoms with Crippen molar-refractivity contribution in [1.82, 2.24) is 0 Å². The highest BCUT2D eigenvalue weighted by molar-refractivity contribution is 7.12. The van der Waals surface area contributed by atoms with Gasteiger partial charge in [0, 0.05) is 15.8 Å². The zero-order chi connectivity index (χ0) is 15.6. The highest BCUT2D eigenvalue weighted by atomic mass is 32.1. The van der Waals surface area contributed by atoms with E-state index in [9.17, 15) is 0 Å². The van der Waals surface area contributed by atoms with Crippen LogP contribution in [0.25, 0.3) is 0 Å². The topological polar surface area (TPSA) is 59.0 Å². The molecule has 0 aliphatic heterocycles. The molecule has 0 aliphatic rings. The maximum atomic E-state index is 9.02. The molecule has 0 aliphatic carbocycles. The molecule has 0 saturated carbocycles. The summed E-state index contributed by atoms with van der Waals surface area (Å²) in [7, 11) is 0. The fourth-order valence-corrected chi connectivity index (χ4v) is 3.38. The average Bonchev–Trinajstić information content (AvgIpc) is 2.83. The van der Waals surface area contributed by atoms with Crippen LogP contribution < -0.4 is 10.5 Å². The van der Waals surface area contributed by atoms with Crippen LogP contribution in [0.15, 0.2) is 24.3 Å². The number of rotatable bonds is 4. The molecule has 2 rings (SSSR count). The highest BCUT2D eigenvalue weighted by Gasteiger charge is 2.21. The van der Waals surface area contributed by atoms with Crippen molar-refractivity contribution in [3.63, 3.8) is 0 Å². The van der Waals surface area contributed by atoms with Crippen LogP contribution in [-0.2, 0) is 0 Å². The standard InChI is InChI=1S/C17H20N2OS/c1-10-7-14(9-18)8-11(2)16(10)20-17(13(4)19)15-6-5-12(3)21-15/h5-8,13,17H,19H2,1-4H3. The summed E-state index contributed by atoms with van der Waals surface area (Å²) in [6.45, 7) is 7.95. The SMILES string of the molecule is Cc1ccc(C(Oc2c(C)cc(C#N)cc2C)C(C)N)s1. The second kappa shape index (κ2) is 6.30. The summed E-state index contributed by atoms with van der Waals surface area (Å²) in [6.07, 6.45) is -0.172. The van der Waals surface area contributed by atoms with Crippen LogP contribution in [0, 0.1) is 32.1 Å². The molecule has 4 heteroatoms. The van der Waals surface area contributed by atoms with Crippen LogP contribution in [0.3, 0.4) is 0 Å². The lowest BCUT2D eigenvalue weighted by Crippen LogP contribution is -2.28. The van der Waals surface area contributed by atoms with E-state index >= 15 is 0 Å². The Morgan fingerprint density at radius 2 is 1.81 bits per heavy atom. The first kappa shape index (κ1) is 15.6. The van der Waals surface area contributed by atoms with Crippen molar-refractivity contribution in [1.29, 1.82) is 5.26 Å². The van der Waals surface area contributed by atoms with Gasteiger partial charge in [-0.25, -0.2) is 0 Å². The summed E-state index contributed by atoms with van der Waals surface area (Å²) in [5.41, 5.74) is 8.69. The monoisotopic (exact) mass is 300 g/mol. The second-order valence-electron chi connectivity index (χ2n) is 5.40. The van der Waals surface area contributed by atoms with Gasteiger partial charge in [-0.15, -0.1) is 11.3 Å². The molecule has 3 nitrogen and oxygen atoms in total. The second-order valence-corrected chi connectivity index (χ2v) is 6.72. The number of ether oxygens (including phenoxy) is 1. The quantitative estimate of drug-likeness (QED) is 0.928. The summed E-state index contributed by atoms with van der Waals surface area (Å²) in [5.74, 6) is 0.822. The van der Waals surface area contributed by atoms with Crippen molar-refractivity contribution >= 4 is 11.3 Å². The zero-order valence-electron chi connectivity index (χ0n) is 12.8. The van der Waals surface area contributed by atoms with E-state index in [0.717, 1.165) is 21.8 Å². The van der Waals surface area contributed by atoms with E-state index in [0.29, 0.717) is 5.56 Å². The van der Waals surface area contributed by atoms with E-state index in [1.54, 1.807) is 11.3 Å². The molecule has 0 fully saturated rings. The molecule has 0 radical (unpaired) electrons. The maximum absolute atomic E-state index is 9.02. The minimum absolute atomic E-state index is 0.113. The van der Waals surface area contributed by atoms with E-state index in [1.165, 1.54) is 4.88 Å². The number of hydrogen-bond acceptors (Lipinski definition) is 4. The largest absolute Gasteiger partial charge is 0.483 e. The number of nitriles is 1. The zero-order valence-corrected chi connectivity index (χ0v) is 13.6. The lowest BCUT2D eigenvalue weighted by molar-refractivity contribution is 0.181. The van der Waals surface area contributed by atoms with Gasteiger partial charge >= 0.3 is 0 Å². The fourth-order valence-electron chi connectivity index (χ4n) is 2.36. The van der Waals surface area contributed by atoms with Gasteiger partial charge in [-0.2, -0.15) is 5.26 Å². The summed E-state index contributed by atoms with van der Waals surface area (Å²) in [6, 6.07) is 9.90. The number of benzene rings is 1. The first-order valence-corrected chi connectivity index (χ1v) is 7.74. The molecule has 1 heterocycles. The summed E-state index contributed by atoms with van der Waals surface area (Å²) in [4.78, 5) is 2.37. The lowest BCUT2D eigenvalue weighted by atomic mass is 10.1. The van der Waals surface area contributed by atoms with E-state index < -0.39 is 0 Å². The van der Waals surface area contributed by atoms with Crippen molar-refractivity contribution < 1.29 is 4.74 Å². The van der Waals surface area contributed by atoms with Crippen molar-refractivity contribution in [2.45, 2.75) is 39.8 Å². The van der Waals surface area contributed by atoms with Gasteiger partial charge in [0.25, 0.3) is 0 Å². The smallest absolute Gasteiger partial charge is 0.148 e. The van der Waals surface area contributed by atoms with E-state index in [-0.39, 0.29) is 12.1 Å². The highest BCUT2D eigenvalue weighted by Crippen LogP contribution is 2.33. The molecule has 0 spiro atoms. The molecule has 0 saturated heterocycles. The van der Waals surface area contributed by atoms with E-state index in [2.05, 4.69) is 25.1 Å². The molecule has 1 aromatic carbocycles. The molecule has 2 aromatic rings. The van der Waals surface area contributed by atoms with Crippen molar-refractivity contribution in [2.75, 3.05) is 0 Å². The van der Waals surface area contributed by atoms with Gasteiger partial charge in [0.2, 0.25) is 0 Å². The van der Waals surface area contributed by atoms with Crippen LogP contribution in [0.1, 0.15) is 39.5 Å². The minimum atomic E-state index is -0.172. The van der Waals surface area contributed by atoms with Gasteiger partial charge in [-0.3, -0.25) is 0 Å². The molecular formula is C17H20N2OS. The Hall–Kier alpha value is -1.83. The number of aryl methyl sites for hydroxylation is 3. The first-order valence-electron chi connectivity index (χ1n) is 6.92. The Balaban J connectivity index is 2.36. The number of thiophene rings is 1. The van der Waals surface area contributed by atoms with Crippen molar-refractivity contribution in [3.05, 3.63) is 50.7 Å². The van der Waals surface area contributed by atoms with Gasteiger partial charge in [0.1, 0.15) is 11.9 Å². The molecule has 1 aromatic heterocycles. The predicted molar refractivity (Wildman–Crippen MR) is 86.7 cm³/mol. The third-order valence-electron chi connectivity index (χ3n) is 3.35. The molecule has 0 amide bonds. The van der Waals surface area contributed by atoms with Crippen LogP contribution >= 0.6 is 11.3 Å². The number of nitrogens with two attached hydrogens (primary N) is 1. The van der Waals surface area contributed by atoms with Crippen molar-refractivity contribution in [2.24, 2.45) is 5.73 Å². The predicted octanol–water partition coefficient (Wildman–Crippen LogP) is 4.01. The van der Waals surface area contributed by atoms with Crippen LogP contribution in [0.5, 0.6) is 5.75 Å². The Morgan fingerprint density at radius 1 is 1.19 bits per heavy atom. The third-order valence-corrected chi connectivity index (χ3v) is 4.42. The summed E-state index contributed by atoms with van der Waals surface area (Å²) >= 11 is 1.71. The van der Waals surface area contributed by atoms with Gasteiger partial charge in [0.05, 0.1) is 11.6 Å². The van der Waals surface area contributed by atoms with Crippen molar-refractivity contribution in [3.8, 4) is 11.8 Å². The number of hydrogen-bond donors (Lipinski definition) is 1. The van der Waals surface area contributed by atoms with E-state index in [1.807, 2.05) is 32.9 Å². The Morgan fingerprint density at radius 3 is 2.24 bits per heavy atom. The molecule has 110 valence electrons. The number of nitrogens with zero attached hydrogens (tertiary/aromatic N) is 1. The van der Waals surface area contributed by atoms with Crippen LogP contribution in [0.4, 0.5) is 0 Å². The van der Waals surface area contributed by atoms with Crippen LogP contribution in [0.2, 0.25) is 0 Å². The van der Waals surface area contributed by atoms with Gasteiger partial charge in [-0.05, 0) is 63.1 Å². The van der Waals surface area contributed by atoms with Gasteiger partial charge in [0.15, 0.2) is 0 Å². The molecule has 21 heavy (non-hydrogen) atoms. The van der Waals surface area contributed by atoms with Gasteiger partial charge in [-0.1, -0.05) is 0 Å². The first-order chi connectivity index (χ1) is 9.92. The summed E-state index contributed by atoms with van der Waals surface area (Å²) < 4.78 is 6.21. The third kappa shape index (κ3) is 3.44. The Kier molecular flexibility index (Phi) is 4.66. The average molecular weight is 300 g/mol. The van der Waals surface area contributed by atoms with Gasteiger partial charge < -0.3 is 10.5 Å². The fraction of sp³-hybridized carbons (Fsp3) is 0.353. The molecular weight excluding hydrogens is 280 g/mol. The normalized spacial score (nSPS) is 13.5. The maximum Gasteiger partial charge on any atom is 0.148 e. The Labute approximate surface area is 130 Å². The molecule has 2 atom stereocenters. The summed E-state index contributed by atoms with van der Waals surface area (Å²) in [5, 5.41) is 9.02. The van der Waals surface area contributed by atoms with Crippen LogP contribution in [-0.4, -0.2) is 6.04 Å². The Bertz CT molecular complexity index is 659. The van der Waals surface area contributed by atoms with E-state index in [4.69, 9.17) is 15.7 Å². The molecule has 0 bridgehead atoms.